The van der Waals surface area contributed by atoms with E-state index in [4.69, 9.17) is 21.1 Å². The summed E-state index contributed by atoms with van der Waals surface area (Å²) in [4.78, 5) is 12.0. The number of ether oxygens (including phenoxy) is 2. The molecule has 1 fully saturated rings. The summed E-state index contributed by atoms with van der Waals surface area (Å²) in [6.45, 7) is 4.97. The molecule has 2 heterocycles. The fourth-order valence-corrected chi connectivity index (χ4v) is 2.15. The van der Waals surface area contributed by atoms with Crippen LogP contribution in [0.25, 0.3) is 0 Å². The van der Waals surface area contributed by atoms with Gasteiger partial charge in [-0.1, -0.05) is 24.9 Å². The van der Waals surface area contributed by atoms with Crippen LogP contribution in [0, 0.1) is 0 Å². The van der Waals surface area contributed by atoms with Crippen molar-refractivity contribution >= 4 is 17.3 Å². The second-order valence-electron chi connectivity index (χ2n) is 4.70. The van der Waals surface area contributed by atoms with Gasteiger partial charge in [-0.15, -0.1) is 0 Å². The van der Waals surface area contributed by atoms with E-state index in [1.165, 1.54) is 4.68 Å². The Morgan fingerprint density at radius 3 is 3.10 bits per heavy atom. The lowest BCUT2D eigenvalue weighted by atomic mass is 10.3. The second-order valence-corrected chi connectivity index (χ2v) is 5.08. The molecule has 112 valence electrons. The minimum Gasteiger partial charge on any atom is -0.380 e. The highest BCUT2D eigenvalue weighted by Gasteiger charge is 2.15. The number of nitrogens with zero attached hydrogens (tertiary/aromatic N) is 2. The molecule has 1 aliphatic rings. The molecule has 6 nitrogen and oxygen atoms in total. The Morgan fingerprint density at radius 2 is 2.40 bits per heavy atom. The van der Waals surface area contributed by atoms with Crippen molar-refractivity contribution in [1.29, 1.82) is 0 Å². The Hall–Kier alpha value is -1.11. The van der Waals surface area contributed by atoms with Crippen LogP contribution >= 0.6 is 11.6 Å². The molecule has 2 rings (SSSR count). The van der Waals surface area contributed by atoms with E-state index in [9.17, 15) is 4.79 Å². The number of aryl methyl sites for hydroxylation is 1. The van der Waals surface area contributed by atoms with Gasteiger partial charge < -0.3 is 14.8 Å². The van der Waals surface area contributed by atoms with E-state index in [0.717, 1.165) is 12.8 Å². The van der Waals surface area contributed by atoms with E-state index in [-0.39, 0.29) is 16.7 Å². The number of rotatable bonds is 6. The zero-order chi connectivity index (χ0) is 14.4. The molecule has 0 saturated carbocycles. The maximum atomic E-state index is 12.0. The molecule has 0 bridgehead atoms. The van der Waals surface area contributed by atoms with E-state index >= 15 is 0 Å². The molecule has 0 aliphatic carbocycles. The van der Waals surface area contributed by atoms with Crippen LogP contribution in [-0.2, 0) is 16.0 Å². The van der Waals surface area contributed by atoms with Gasteiger partial charge in [0.05, 0.1) is 37.8 Å². The Bertz CT molecular complexity index is 486. The molecular weight excluding hydrogens is 282 g/mol. The molecule has 20 heavy (non-hydrogen) atoms. The largest absolute Gasteiger partial charge is 0.380 e. The van der Waals surface area contributed by atoms with Gasteiger partial charge >= 0.3 is 0 Å². The van der Waals surface area contributed by atoms with E-state index < -0.39 is 0 Å². The maximum Gasteiger partial charge on any atom is 0.287 e. The third-order valence-corrected chi connectivity index (χ3v) is 3.48. The highest BCUT2D eigenvalue weighted by molar-refractivity contribution is 6.32. The van der Waals surface area contributed by atoms with Crippen molar-refractivity contribution in [3.05, 3.63) is 21.6 Å². The van der Waals surface area contributed by atoms with Crippen molar-refractivity contribution in [2.24, 2.45) is 0 Å². The van der Waals surface area contributed by atoms with E-state index in [2.05, 4.69) is 17.3 Å². The van der Waals surface area contributed by atoms with Crippen molar-refractivity contribution < 1.29 is 9.47 Å². The molecule has 1 N–H and O–H groups in total. The lowest BCUT2D eigenvalue weighted by molar-refractivity contribution is -0.0818. The molecule has 1 aromatic heterocycles. The number of unbranched alkanes of at least 4 members (excludes halogenated alkanes) is 1. The fourth-order valence-electron chi connectivity index (χ4n) is 1.93. The Morgan fingerprint density at radius 1 is 1.55 bits per heavy atom. The van der Waals surface area contributed by atoms with Gasteiger partial charge in [0.2, 0.25) is 0 Å². The van der Waals surface area contributed by atoms with Crippen molar-refractivity contribution in [3.63, 3.8) is 0 Å². The molecular formula is C13H20ClN3O3. The van der Waals surface area contributed by atoms with Gasteiger partial charge in [-0.05, 0) is 6.42 Å². The zero-order valence-electron chi connectivity index (χ0n) is 11.6. The van der Waals surface area contributed by atoms with Crippen LogP contribution in [0.4, 0.5) is 5.69 Å². The van der Waals surface area contributed by atoms with Crippen LogP contribution in [0.15, 0.2) is 11.0 Å². The van der Waals surface area contributed by atoms with Crippen molar-refractivity contribution in [2.75, 3.05) is 31.7 Å². The average molecular weight is 302 g/mol. The van der Waals surface area contributed by atoms with Crippen molar-refractivity contribution in [3.8, 4) is 0 Å². The molecule has 1 saturated heterocycles. The summed E-state index contributed by atoms with van der Waals surface area (Å²) < 4.78 is 12.2. The minimum absolute atomic E-state index is 0.0256. The van der Waals surface area contributed by atoms with Gasteiger partial charge in [-0.25, -0.2) is 4.68 Å². The van der Waals surface area contributed by atoms with Crippen LogP contribution in [0.2, 0.25) is 5.02 Å². The molecule has 0 aromatic carbocycles. The number of hydrogen-bond donors (Lipinski definition) is 1. The van der Waals surface area contributed by atoms with E-state index in [1.54, 1.807) is 6.20 Å². The predicted octanol–water partition coefficient (Wildman–Crippen LogP) is 1.52. The summed E-state index contributed by atoms with van der Waals surface area (Å²) >= 11 is 6.09. The first-order valence-corrected chi connectivity index (χ1v) is 7.29. The molecule has 0 radical (unpaired) electrons. The molecule has 0 amide bonds. The summed E-state index contributed by atoms with van der Waals surface area (Å²) in [6, 6.07) is 0. The van der Waals surface area contributed by atoms with Gasteiger partial charge in [-0.2, -0.15) is 5.10 Å². The average Bonchev–Trinajstić information content (AvgIpc) is 2.49. The van der Waals surface area contributed by atoms with Gasteiger partial charge in [0, 0.05) is 13.1 Å². The Kier molecular flexibility index (Phi) is 5.82. The molecule has 1 atom stereocenters. The monoisotopic (exact) mass is 301 g/mol. The van der Waals surface area contributed by atoms with Gasteiger partial charge in [0.1, 0.15) is 5.02 Å². The van der Waals surface area contributed by atoms with Crippen molar-refractivity contribution in [1.82, 2.24) is 9.78 Å². The standard InChI is InChI=1S/C13H20ClN3O3/c1-2-3-4-17-13(18)12(14)11(8-16-17)15-7-10-9-19-5-6-20-10/h8,10,15H,2-7,9H2,1H3. The van der Waals surface area contributed by atoms with Crippen LogP contribution in [0.3, 0.4) is 0 Å². The highest BCUT2D eigenvalue weighted by Crippen LogP contribution is 2.16. The molecule has 1 aliphatic heterocycles. The third-order valence-electron chi connectivity index (χ3n) is 3.11. The summed E-state index contributed by atoms with van der Waals surface area (Å²) in [5.74, 6) is 0. The summed E-state index contributed by atoms with van der Waals surface area (Å²) in [5, 5.41) is 7.39. The van der Waals surface area contributed by atoms with Gasteiger partial charge in [0.25, 0.3) is 5.56 Å². The van der Waals surface area contributed by atoms with E-state index in [1.807, 2.05) is 0 Å². The van der Waals surface area contributed by atoms with Crippen LogP contribution in [0.5, 0.6) is 0 Å². The lowest BCUT2D eigenvalue weighted by Gasteiger charge is -2.23. The number of hydrogen-bond acceptors (Lipinski definition) is 5. The second kappa shape index (κ2) is 7.61. The number of aromatic nitrogens is 2. The molecule has 0 spiro atoms. The molecule has 1 unspecified atom stereocenters. The van der Waals surface area contributed by atoms with Crippen LogP contribution in [0.1, 0.15) is 19.8 Å². The van der Waals surface area contributed by atoms with Crippen LogP contribution in [-0.4, -0.2) is 42.2 Å². The minimum atomic E-state index is -0.258. The summed E-state index contributed by atoms with van der Waals surface area (Å²) in [7, 11) is 0. The summed E-state index contributed by atoms with van der Waals surface area (Å²) in [5.41, 5.74) is 0.282. The first kappa shape index (κ1) is 15.3. The lowest BCUT2D eigenvalue weighted by Crippen LogP contribution is -2.34. The Balaban J connectivity index is 1.97. The third kappa shape index (κ3) is 3.94. The quantitative estimate of drug-likeness (QED) is 0.863. The first-order valence-electron chi connectivity index (χ1n) is 6.91. The van der Waals surface area contributed by atoms with Crippen molar-refractivity contribution in [2.45, 2.75) is 32.4 Å². The Labute approximate surface area is 123 Å². The number of nitrogens with one attached hydrogen (secondary N) is 1. The van der Waals surface area contributed by atoms with Gasteiger partial charge in [-0.3, -0.25) is 4.79 Å². The molecule has 1 aromatic rings. The topological polar surface area (TPSA) is 65.4 Å². The summed E-state index contributed by atoms with van der Waals surface area (Å²) in [6.07, 6.45) is 3.47. The highest BCUT2D eigenvalue weighted by atomic mass is 35.5. The molecule has 7 heteroatoms. The number of halogens is 1. The van der Waals surface area contributed by atoms with Crippen LogP contribution < -0.4 is 10.9 Å². The van der Waals surface area contributed by atoms with E-state index in [0.29, 0.717) is 38.6 Å². The smallest absolute Gasteiger partial charge is 0.287 e. The fraction of sp³-hybridized carbons (Fsp3) is 0.692. The number of anilines is 1. The SMILES string of the molecule is CCCCn1ncc(NCC2COCCO2)c(Cl)c1=O. The first-order chi connectivity index (χ1) is 9.72. The zero-order valence-corrected chi connectivity index (χ0v) is 12.4. The predicted molar refractivity (Wildman–Crippen MR) is 77.5 cm³/mol. The van der Waals surface area contributed by atoms with Gasteiger partial charge in [0.15, 0.2) is 0 Å². The normalized spacial score (nSPS) is 19.0. The maximum absolute atomic E-state index is 12.0.